The first-order valence-electron chi connectivity index (χ1n) is 6.90. The highest BCUT2D eigenvalue weighted by Crippen LogP contribution is 2.44. The number of benzene rings is 2. The largest absolute Gasteiger partial charge is 0.493 e. The van der Waals surface area contributed by atoms with Crippen molar-refractivity contribution in [3.05, 3.63) is 42.2 Å². The van der Waals surface area contributed by atoms with Gasteiger partial charge >= 0.3 is 0 Å². The Morgan fingerprint density at radius 2 is 1.43 bits per heavy atom. The Balaban J connectivity index is 2.81. The van der Waals surface area contributed by atoms with Crippen molar-refractivity contribution in [3.63, 3.8) is 0 Å². The molecule has 0 aliphatic rings. The van der Waals surface area contributed by atoms with Crippen LogP contribution in [-0.2, 0) is 0 Å². The molecule has 23 heavy (non-hydrogen) atoms. The lowest BCUT2D eigenvalue weighted by Gasteiger charge is -2.17. The normalized spacial score (nSPS) is 10.1. The summed E-state index contributed by atoms with van der Waals surface area (Å²) in [5, 5.41) is 0. The van der Waals surface area contributed by atoms with E-state index in [1.807, 2.05) is 0 Å². The smallest absolute Gasteiger partial charge is 0.203 e. The molecule has 2 aromatic carbocycles. The van der Waals surface area contributed by atoms with Crippen LogP contribution in [0.25, 0.3) is 17.2 Å². The summed E-state index contributed by atoms with van der Waals surface area (Å²) in [6, 6.07) is 6.47. The van der Waals surface area contributed by atoms with Crippen LogP contribution in [0.5, 0.6) is 23.0 Å². The molecule has 122 valence electrons. The predicted molar refractivity (Wildman–Crippen MR) is 88.1 cm³/mol. The second kappa shape index (κ2) is 7.05. The van der Waals surface area contributed by atoms with Gasteiger partial charge in [0.25, 0.3) is 0 Å². The molecule has 0 atom stereocenters. The molecule has 5 heteroatoms. The van der Waals surface area contributed by atoms with Gasteiger partial charge in [-0.15, -0.1) is 0 Å². The zero-order valence-corrected chi connectivity index (χ0v) is 13.6. The number of methoxy groups -OCH3 is 4. The van der Waals surface area contributed by atoms with Crippen molar-refractivity contribution in [2.45, 2.75) is 0 Å². The minimum Gasteiger partial charge on any atom is -0.493 e. The second-order valence-corrected chi connectivity index (χ2v) is 4.66. The fourth-order valence-corrected chi connectivity index (χ4v) is 2.47. The van der Waals surface area contributed by atoms with Gasteiger partial charge in [0.05, 0.1) is 28.4 Å². The van der Waals surface area contributed by atoms with Crippen LogP contribution in [-0.4, -0.2) is 28.4 Å². The van der Waals surface area contributed by atoms with Gasteiger partial charge in [-0.2, -0.15) is 0 Å². The second-order valence-electron chi connectivity index (χ2n) is 4.66. The molecule has 0 saturated heterocycles. The topological polar surface area (TPSA) is 36.9 Å². The highest BCUT2D eigenvalue weighted by atomic mass is 19.1. The van der Waals surface area contributed by atoms with E-state index >= 15 is 0 Å². The lowest BCUT2D eigenvalue weighted by atomic mass is 9.97. The Kier molecular flexibility index (Phi) is 5.11. The first kappa shape index (κ1) is 16.7. The third-order valence-corrected chi connectivity index (χ3v) is 3.52. The Bertz CT molecular complexity index is 700. The van der Waals surface area contributed by atoms with E-state index in [9.17, 15) is 4.39 Å². The maximum absolute atomic E-state index is 14.1. The molecule has 0 aliphatic carbocycles. The van der Waals surface area contributed by atoms with E-state index in [1.165, 1.54) is 34.5 Å². The van der Waals surface area contributed by atoms with Gasteiger partial charge in [0.15, 0.2) is 23.1 Å². The first-order valence-corrected chi connectivity index (χ1v) is 6.90. The molecule has 2 rings (SSSR count). The summed E-state index contributed by atoms with van der Waals surface area (Å²) in [5.41, 5.74) is 1.98. The lowest BCUT2D eigenvalue weighted by molar-refractivity contribution is 0.324. The van der Waals surface area contributed by atoms with Crippen LogP contribution in [0.4, 0.5) is 4.39 Å². The summed E-state index contributed by atoms with van der Waals surface area (Å²) in [5.74, 6) is 1.10. The number of ether oxygens (including phenoxy) is 4. The maximum Gasteiger partial charge on any atom is 0.203 e. The number of halogens is 1. The van der Waals surface area contributed by atoms with Crippen molar-refractivity contribution in [1.29, 1.82) is 0 Å². The van der Waals surface area contributed by atoms with E-state index in [0.717, 1.165) is 5.56 Å². The molecule has 0 radical (unpaired) electrons. The third kappa shape index (κ3) is 2.95. The molecule has 2 aromatic rings. The van der Waals surface area contributed by atoms with E-state index < -0.39 is 5.82 Å². The maximum atomic E-state index is 14.1. The molecular formula is C18H19FO4. The average Bonchev–Trinajstić information content (AvgIpc) is 2.59. The molecule has 0 heterocycles. The summed E-state index contributed by atoms with van der Waals surface area (Å²) in [7, 11) is 6.00. The van der Waals surface area contributed by atoms with Gasteiger partial charge in [0.1, 0.15) is 0 Å². The van der Waals surface area contributed by atoms with E-state index in [1.54, 1.807) is 24.3 Å². The van der Waals surface area contributed by atoms with Gasteiger partial charge in [-0.25, -0.2) is 4.39 Å². The van der Waals surface area contributed by atoms with E-state index in [-0.39, 0.29) is 5.75 Å². The van der Waals surface area contributed by atoms with Crippen LogP contribution in [0.1, 0.15) is 5.56 Å². The SMILES string of the molecule is C=Cc1ccc(F)c(OC)c1-c1cc(OC)c(OC)c(OC)c1. The Labute approximate surface area is 135 Å². The molecule has 0 spiro atoms. The minimum atomic E-state index is -0.457. The molecule has 0 bridgehead atoms. The van der Waals surface area contributed by atoms with Crippen LogP contribution >= 0.6 is 0 Å². The Hall–Kier alpha value is -2.69. The summed E-state index contributed by atoms with van der Waals surface area (Å²) >= 11 is 0. The summed E-state index contributed by atoms with van der Waals surface area (Å²) in [4.78, 5) is 0. The Morgan fingerprint density at radius 1 is 0.870 bits per heavy atom. The van der Waals surface area contributed by atoms with Crippen molar-refractivity contribution in [2.24, 2.45) is 0 Å². The van der Waals surface area contributed by atoms with E-state index in [4.69, 9.17) is 18.9 Å². The highest BCUT2D eigenvalue weighted by molar-refractivity contribution is 5.83. The number of hydrogen-bond acceptors (Lipinski definition) is 4. The van der Waals surface area contributed by atoms with Crippen LogP contribution in [0, 0.1) is 5.82 Å². The fraction of sp³-hybridized carbons (Fsp3) is 0.222. The summed E-state index contributed by atoms with van der Waals surface area (Å²) in [6.07, 6.45) is 1.64. The van der Waals surface area contributed by atoms with Crippen molar-refractivity contribution < 1.29 is 23.3 Å². The van der Waals surface area contributed by atoms with Crippen LogP contribution < -0.4 is 18.9 Å². The third-order valence-electron chi connectivity index (χ3n) is 3.52. The van der Waals surface area contributed by atoms with Gasteiger partial charge in [-0.1, -0.05) is 18.7 Å². The molecule has 0 aromatic heterocycles. The van der Waals surface area contributed by atoms with Gasteiger partial charge in [-0.3, -0.25) is 0 Å². The molecule has 0 saturated carbocycles. The van der Waals surface area contributed by atoms with E-state index in [0.29, 0.717) is 28.4 Å². The molecular weight excluding hydrogens is 299 g/mol. The number of hydrogen-bond donors (Lipinski definition) is 0. The van der Waals surface area contributed by atoms with E-state index in [2.05, 4.69) is 6.58 Å². The Morgan fingerprint density at radius 3 is 1.87 bits per heavy atom. The molecule has 0 unspecified atom stereocenters. The van der Waals surface area contributed by atoms with Gasteiger partial charge in [0, 0.05) is 5.56 Å². The first-order chi connectivity index (χ1) is 11.1. The quantitative estimate of drug-likeness (QED) is 0.801. The van der Waals surface area contributed by atoms with Crippen molar-refractivity contribution in [2.75, 3.05) is 28.4 Å². The molecule has 0 aliphatic heterocycles. The van der Waals surface area contributed by atoms with Crippen molar-refractivity contribution in [3.8, 4) is 34.1 Å². The molecule has 0 fully saturated rings. The van der Waals surface area contributed by atoms with Gasteiger partial charge < -0.3 is 18.9 Å². The lowest BCUT2D eigenvalue weighted by Crippen LogP contribution is -1.98. The summed E-state index contributed by atoms with van der Waals surface area (Å²) in [6.45, 7) is 3.78. The summed E-state index contributed by atoms with van der Waals surface area (Å²) < 4.78 is 35.4. The van der Waals surface area contributed by atoms with Crippen molar-refractivity contribution in [1.82, 2.24) is 0 Å². The van der Waals surface area contributed by atoms with Crippen LogP contribution in [0.3, 0.4) is 0 Å². The highest BCUT2D eigenvalue weighted by Gasteiger charge is 2.20. The predicted octanol–water partition coefficient (Wildman–Crippen LogP) is 4.17. The molecule has 4 nitrogen and oxygen atoms in total. The average molecular weight is 318 g/mol. The monoisotopic (exact) mass is 318 g/mol. The van der Waals surface area contributed by atoms with Gasteiger partial charge in [0.2, 0.25) is 5.75 Å². The molecule has 0 amide bonds. The van der Waals surface area contributed by atoms with Gasteiger partial charge in [-0.05, 0) is 29.3 Å². The zero-order valence-electron chi connectivity index (χ0n) is 13.6. The van der Waals surface area contributed by atoms with Crippen LogP contribution in [0.2, 0.25) is 0 Å². The fourth-order valence-electron chi connectivity index (χ4n) is 2.47. The van der Waals surface area contributed by atoms with Crippen molar-refractivity contribution >= 4 is 6.08 Å². The zero-order chi connectivity index (χ0) is 17.0. The molecule has 0 N–H and O–H groups in total. The number of rotatable bonds is 6. The minimum absolute atomic E-state index is 0.136. The van der Waals surface area contributed by atoms with Crippen LogP contribution in [0.15, 0.2) is 30.8 Å². The standard InChI is InChI=1S/C18H19FO4/c1-6-11-7-8-13(19)17(22-4)16(11)12-9-14(20-2)18(23-5)15(10-12)21-3/h6-10H,1H2,2-5H3.